The van der Waals surface area contributed by atoms with Gasteiger partial charge in [0.1, 0.15) is 5.82 Å². The number of benzene rings is 1. The third kappa shape index (κ3) is 4.62. The number of hydrogen-bond donors (Lipinski definition) is 1. The Bertz CT molecular complexity index is 471. The number of hydrogen-bond acceptors (Lipinski definition) is 3. The van der Waals surface area contributed by atoms with Crippen LogP contribution in [0.1, 0.15) is 26.7 Å². The van der Waals surface area contributed by atoms with Crippen molar-refractivity contribution in [2.75, 3.05) is 25.0 Å². The molecule has 116 valence electrons. The molecule has 1 heterocycles. The molecule has 0 bridgehead atoms. The van der Waals surface area contributed by atoms with Crippen LogP contribution in [0.15, 0.2) is 24.3 Å². The number of para-hydroxylation sites is 1. The molecule has 0 radical (unpaired) electrons. The number of nitrogens with one attached hydrogen (secondary N) is 1. The van der Waals surface area contributed by atoms with Crippen LogP contribution < -0.4 is 5.32 Å². The quantitative estimate of drug-likeness (QED) is 0.924. The summed E-state index contributed by atoms with van der Waals surface area (Å²) in [5, 5.41) is 3.21. The van der Waals surface area contributed by atoms with Gasteiger partial charge in [-0.1, -0.05) is 26.0 Å². The van der Waals surface area contributed by atoms with Crippen molar-refractivity contribution in [3.8, 4) is 0 Å². The minimum absolute atomic E-state index is 0.191. The van der Waals surface area contributed by atoms with Crippen LogP contribution in [-0.4, -0.2) is 36.7 Å². The zero-order chi connectivity index (χ0) is 15.2. The van der Waals surface area contributed by atoms with Crippen LogP contribution in [0.4, 0.5) is 14.9 Å². The number of carbonyl (C=O) groups excluding carboxylic acids is 1. The van der Waals surface area contributed by atoms with Crippen molar-refractivity contribution in [1.29, 1.82) is 0 Å². The lowest BCUT2D eigenvalue weighted by molar-refractivity contribution is 0.0845. The normalized spacial score (nSPS) is 16.1. The number of likely N-dealkylation sites (tertiary alicyclic amines) is 1. The van der Waals surface area contributed by atoms with Gasteiger partial charge in [0.2, 0.25) is 0 Å². The molecule has 0 unspecified atom stereocenters. The molecule has 1 aliphatic rings. The molecule has 1 amide bonds. The molecule has 0 spiro atoms. The van der Waals surface area contributed by atoms with Gasteiger partial charge < -0.3 is 15.0 Å². The van der Waals surface area contributed by atoms with Crippen LogP contribution in [0, 0.1) is 11.7 Å². The van der Waals surface area contributed by atoms with E-state index in [0.29, 0.717) is 31.3 Å². The maximum atomic E-state index is 13.6. The first-order valence-corrected chi connectivity index (χ1v) is 7.49. The highest BCUT2D eigenvalue weighted by Gasteiger charge is 2.24. The van der Waals surface area contributed by atoms with E-state index in [0.717, 1.165) is 12.8 Å². The fraction of sp³-hybridized carbons (Fsp3) is 0.562. The summed E-state index contributed by atoms with van der Waals surface area (Å²) >= 11 is 0. The lowest BCUT2D eigenvalue weighted by Gasteiger charge is -2.32. The third-order valence-electron chi connectivity index (χ3n) is 3.53. The summed E-state index contributed by atoms with van der Waals surface area (Å²) in [6, 6.07) is 6.85. The van der Waals surface area contributed by atoms with Crippen LogP contribution in [0.3, 0.4) is 0 Å². The van der Waals surface area contributed by atoms with Gasteiger partial charge in [0.05, 0.1) is 12.3 Å². The van der Waals surface area contributed by atoms with Gasteiger partial charge in [-0.3, -0.25) is 0 Å². The molecule has 4 nitrogen and oxygen atoms in total. The van der Waals surface area contributed by atoms with E-state index in [-0.39, 0.29) is 18.0 Å². The highest BCUT2D eigenvalue weighted by molar-refractivity contribution is 5.67. The molecule has 21 heavy (non-hydrogen) atoms. The molecule has 1 aromatic rings. The predicted octanol–water partition coefficient (Wildman–Crippen LogP) is 3.49. The van der Waals surface area contributed by atoms with Gasteiger partial charge in [-0.05, 0) is 30.9 Å². The zero-order valence-corrected chi connectivity index (χ0v) is 12.6. The van der Waals surface area contributed by atoms with E-state index in [1.54, 1.807) is 17.0 Å². The van der Waals surface area contributed by atoms with Crippen molar-refractivity contribution in [2.45, 2.75) is 32.7 Å². The van der Waals surface area contributed by atoms with Gasteiger partial charge in [0, 0.05) is 19.1 Å². The summed E-state index contributed by atoms with van der Waals surface area (Å²) < 4.78 is 18.8. The summed E-state index contributed by atoms with van der Waals surface area (Å²) in [7, 11) is 0. The van der Waals surface area contributed by atoms with Crippen LogP contribution in [0.5, 0.6) is 0 Å². The molecular weight excluding hydrogens is 271 g/mol. The number of amides is 1. The first-order valence-electron chi connectivity index (χ1n) is 7.49. The lowest BCUT2D eigenvalue weighted by atomic mass is 10.0. The molecule has 0 aliphatic carbocycles. The second-order valence-corrected chi connectivity index (χ2v) is 5.86. The van der Waals surface area contributed by atoms with E-state index in [2.05, 4.69) is 5.32 Å². The number of anilines is 1. The van der Waals surface area contributed by atoms with E-state index in [1.807, 2.05) is 19.9 Å². The topological polar surface area (TPSA) is 41.6 Å². The van der Waals surface area contributed by atoms with Gasteiger partial charge >= 0.3 is 6.09 Å². The molecule has 0 saturated carbocycles. The highest BCUT2D eigenvalue weighted by atomic mass is 19.1. The summed E-state index contributed by atoms with van der Waals surface area (Å²) in [6.45, 7) is 5.76. The Hall–Kier alpha value is -1.78. The van der Waals surface area contributed by atoms with Crippen LogP contribution >= 0.6 is 0 Å². The van der Waals surface area contributed by atoms with Crippen molar-refractivity contribution >= 4 is 11.8 Å². The van der Waals surface area contributed by atoms with Gasteiger partial charge in [-0.2, -0.15) is 0 Å². The Morgan fingerprint density at radius 2 is 2.05 bits per heavy atom. The SMILES string of the molecule is CC(C)COC(=O)N1CCC(Nc2ccccc2F)CC1. The summed E-state index contributed by atoms with van der Waals surface area (Å²) in [4.78, 5) is 13.6. The fourth-order valence-corrected chi connectivity index (χ4v) is 2.33. The summed E-state index contributed by atoms with van der Waals surface area (Å²) in [5.74, 6) is 0.102. The average Bonchev–Trinajstić information content (AvgIpc) is 2.48. The molecule has 1 saturated heterocycles. The van der Waals surface area contributed by atoms with Crippen LogP contribution in [-0.2, 0) is 4.74 Å². The van der Waals surface area contributed by atoms with Gasteiger partial charge in [0.25, 0.3) is 0 Å². The maximum Gasteiger partial charge on any atom is 0.409 e. The smallest absolute Gasteiger partial charge is 0.409 e. The number of nitrogens with zero attached hydrogens (tertiary/aromatic N) is 1. The zero-order valence-electron chi connectivity index (χ0n) is 12.6. The molecular formula is C16H23FN2O2. The monoisotopic (exact) mass is 294 g/mol. The van der Waals surface area contributed by atoms with E-state index >= 15 is 0 Å². The number of halogens is 1. The summed E-state index contributed by atoms with van der Waals surface area (Å²) in [5.41, 5.74) is 0.526. The molecule has 1 fully saturated rings. The van der Waals surface area contributed by atoms with Crippen molar-refractivity contribution in [1.82, 2.24) is 4.90 Å². The summed E-state index contributed by atoms with van der Waals surface area (Å²) in [6.07, 6.45) is 1.35. The largest absolute Gasteiger partial charge is 0.449 e. The van der Waals surface area contributed by atoms with Gasteiger partial charge in [0.15, 0.2) is 0 Å². The third-order valence-corrected chi connectivity index (χ3v) is 3.53. The fourth-order valence-electron chi connectivity index (χ4n) is 2.33. The number of rotatable bonds is 4. The van der Waals surface area contributed by atoms with E-state index in [1.165, 1.54) is 6.07 Å². The molecule has 0 atom stereocenters. The molecule has 1 aliphatic heterocycles. The Labute approximate surface area is 125 Å². The van der Waals surface area contributed by atoms with E-state index in [4.69, 9.17) is 4.74 Å². The Morgan fingerprint density at radius 3 is 2.67 bits per heavy atom. The molecule has 1 aromatic carbocycles. The molecule has 5 heteroatoms. The van der Waals surface area contributed by atoms with Crippen molar-refractivity contribution < 1.29 is 13.9 Å². The maximum absolute atomic E-state index is 13.6. The second kappa shape index (κ2) is 7.29. The van der Waals surface area contributed by atoms with Crippen molar-refractivity contribution in [3.63, 3.8) is 0 Å². The minimum Gasteiger partial charge on any atom is -0.449 e. The van der Waals surface area contributed by atoms with Crippen molar-refractivity contribution in [2.24, 2.45) is 5.92 Å². The van der Waals surface area contributed by atoms with Crippen molar-refractivity contribution in [3.05, 3.63) is 30.1 Å². The molecule has 1 N–H and O–H groups in total. The number of ether oxygens (including phenoxy) is 1. The molecule has 0 aromatic heterocycles. The van der Waals surface area contributed by atoms with Gasteiger partial charge in [-0.25, -0.2) is 9.18 Å². The van der Waals surface area contributed by atoms with E-state index in [9.17, 15) is 9.18 Å². The number of piperidine rings is 1. The van der Waals surface area contributed by atoms with Crippen LogP contribution in [0.25, 0.3) is 0 Å². The standard InChI is InChI=1S/C16H23FN2O2/c1-12(2)11-21-16(20)19-9-7-13(8-10-19)18-15-6-4-3-5-14(15)17/h3-6,12-13,18H,7-11H2,1-2H3. The Balaban J connectivity index is 1.78. The Kier molecular flexibility index (Phi) is 5.42. The minimum atomic E-state index is -0.243. The molecule has 2 rings (SSSR count). The number of carbonyl (C=O) groups is 1. The first kappa shape index (κ1) is 15.6. The average molecular weight is 294 g/mol. The van der Waals surface area contributed by atoms with Crippen LogP contribution in [0.2, 0.25) is 0 Å². The first-order chi connectivity index (χ1) is 10.1. The van der Waals surface area contributed by atoms with E-state index < -0.39 is 0 Å². The predicted molar refractivity (Wildman–Crippen MR) is 80.8 cm³/mol. The lowest BCUT2D eigenvalue weighted by Crippen LogP contribution is -2.43. The highest BCUT2D eigenvalue weighted by Crippen LogP contribution is 2.19. The second-order valence-electron chi connectivity index (χ2n) is 5.86. The Morgan fingerprint density at radius 1 is 1.38 bits per heavy atom. The van der Waals surface area contributed by atoms with Gasteiger partial charge in [-0.15, -0.1) is 0 Å².